The number of aromatic nitrogens is 1. The molecule has 16 heavy (non-hydrogen) atoms. The highest BCUT2D eigenvalue weighted by atomic mass is 16.2. The lowest BCUT2D eigenvalue weighted by Gasteiger charge is -2.23. The van der Waals surface area contributed by atoms with Crippen molar-refractivity contribution in [2.45, 2.75) is 26.8 Å². The number of carbonyl (C=O) groups excluding carboxylic acids is 1. The van der Waals surface area contributed by atoms with Crippen molar-refractivity contribution in [2.24, 2.45) is 0 Å². The van der Waals surface area contributed by atoms with Crippen molar-refractivity contribution in [2.75, 3.05) is 18.0 Å². The van der Waals surface area contributed by atoms with Crippen LogP contribution >= 0.6 is 0 Å². The molecular formula is C12H19N3O. The van der Waals surface area contributed by atoms with E-state index in [0.29, 0.717) is 12.4 Å². The number of pyridine rings is 1. The summed E-state index contributed by atoms with van der Waals surface area (Å²) in [7, 11) is 0. The molecule has 0 aliphatic rings. The van der Waals surface area contributed by atoms with Gasteiger partial charge in [0, 0.05) is 12.7 Å². The highest BCUT2D eigenvalue weighted by Crippen LogP contribution is 2.10. The zero-order chi connectivity index (χ0) is 12.0. The van der Waals surface area contributed by atoms with Gasteiger partial charge in [-0.2, -0.15) is 0 Å². The largest absolute Gasteiger partial charge is 0.306 e. The Kier molecular flexibility index (Phi) is 4.92. The summed E-state index contributed by atoms with van der Waals surface area (Å²) < 4.78 is 0. The molecule has 1 amide bonds. The molecule has 0 spiro atoms. The van der Waals surface area contributed by atoms with E-state index in [1.54, 1.807) is 11.1 Å². The molecule has 1 aromatic heterocycles. The Morgan fingerprint density at radius 2 is 2.25 bits per heavy atom. The van der Waals surface area contributed by atoms with E-state index in [1.165, 1.54) is 0 Å². The second-order valence-corrected chi connectivity index (χ2v) is 3.55. The lowest BCUT2D eigenvalue weighted by Crippen LogP contribution is -2.45. The molecule has 0 aromatic carbocycles. The smallest absolute Gasteiger partial charge is 0.244 e. The maximum Gasteiger partial charge on any atom is 0.244 e. The maximum absolute atomic E-state index is 12.1. The molecule has 0 bridgehead atoms. The van der Waals surface area contributed by atoms with Crippen molar-refractivity contribution < 1.29 is 4.79 Å². The third-order valence-electron chi connectivity index (χ3n) is 2.39. The van der Waals surface area contributed by atoms with Crippen LogP contribution in [-0.4, -0.2) is 30.0 Å². The first-order valence-electron chi connectivity index (χ1n) is 5.66. The van der Waals surface area contributed by atoms with Gasteiger partial charge in [0.25, 0.3) is 0 Å². The van der Waals surface area contributed by atoms with Crippen LogP contribution in [0, 0.1) is 0 Å². The fourth-order valence-electron chi connectivity index (χ4n) is 1.57. The summed E-state index contributed by atoms with van der Waals surface area (Å²) in [6.45, 7) is 7.22. The van der Waals surface area contributed by atoms with Crippen LogP contribution in [0.1, 0.15) is 20.8 Å². The molecule has 4 nitrogen and oxygen atoms in total. The first-order chi connectivity index (χ1) is 7.70. The van der Waals surface area contributed by atoms with Crippen LogP contribution in [0.4, 0.5) is 5.82 Å². The van der Waals surface area contributed by atoms with Crippen LogP contribution in [0.25, 0.3) is 0 Å². The van der Waals surface area contributed by atoms with Gasteiger partial charge >= 0.3 is 0 Å². The average Bonchev–Trinajstić information content (AvgIpc) is 2.31. The van der Waals surface area contributed by atoms with E-state index < -0.39 is 0 Å². The normalized spacial score (nSPS) is 12.2. The Morgan fingerprint density at radius 1 is 1.50 bits per heavy atom. The highest BCUT2D eigenvalue weighted by molar-refractivity contribution is 5.96. The Labute approximate surface area is 96.7 Å². The van der Waals surface area contributed by atoms with Crippen LogP contribution in [0.5, 0.6) is 0 Å². The minimum absolute atomic E-state index is 0.0584. The first-order valence-corrected chi connectivity index (χ1v) is 5.66. The van der Waals surface area contributed by atoms with Gasteiger partial charge in [0.2, 0.25) is 5.91 Å². The lowest BCUT2D eigenvalue weighted by atomic mass is 10.2. The predicted molar refractivity (Wildman–Crippen MR) is 65.4 cm³/mol. The zero-order valence-corrected chi connectivity index (χ0v) is 10.1. The molecular weight excluding hydrogens is 202 g/mol. The van der Waals surface area contributed by atoms with Gasteiger partial charge in [0.15, 0.2) is 0 Å². The summed E-state index contributed by atoms with van der Waals surface area (Å²) in [6, 6.07) is 5.40. The standard InChI is InChI=1S/C12H19N3O/c1-4-13-10(3)12(16)15(5-2)11-8-6-7-9-14-11/h6-10,13H,4-5H2,1-3H3. The maximum atomic E-state index is 12.1. The van der Waals surface area contributed by atoms with Crippen molar-refractivity contribution in [3.63, 3.8) is 0 Å². The average molecular weight is 221 g/mol. The lowest BCUT2D eigenvalue weighted by molar-refractivity contribution is -0.120. The summed E-state index contributed by atoms with van der Waals surface area (Å²) >= 11 is 0. The zero-order valence-electron chi connectivity index (χ0n) is 10.1. The number of amides is 1. The number of hydrogen-bond donors (Lipinski definition) is 1. The van der Waals surface area contributed by atoms with Gasteiger partial charge in [-0.3, -0.25) is 9.69 Å². The van der Waals surface area contributed by atoms with E-state index >= 15 is 0 Å². The first kappa shape index (κ1) is 12.6. The van der Waals surface area contributed by atoms with Gasteiger partial charge < -0.3 is 5.32 Å². The molecule has 0 fully saturated rings. The second kappa shape index (κ2) is 6.23. The molecule has 1 N–H and O–H groups in total. The monoisotopic (exact) mass is 221 g/mol. The van der Waals surface area contributed by atoms with E-state index in [9.17, 15) is 4.79 Å². The number of nitrogens with one attached hydrogen (secondary N) is 1. The Hall–Kier alpha value is -1.42. The topological polar surface area (TPSA) is 45.2 Å². The van der Waals surface area contributed by atoms with Gasteiger partial charge in [-0.25, -0.2) is 4.98 Å². The second-order valence-electron chi connectivity index (χ2n) is 3.55. The van der Waals surface area contributed by atoms with Gasteiger partial charge in [-0.15, -0.1) is 0 Å². The molecule has 88 valence electrons. The molecule has 1 atom stereocenters. The predicted octanol–water partition coefficient (Wildman–Crippen LogP) is 1.43. The Bertz CT molecular complexity index is 326. The van der Waals surface area contributed by atoms with E-state index in [4.69, 9.17) is 0 Å². The number of hydrogen-bond acceptors (Lipinski definition) is 3. The van der Waals surface area contributed by atoms with Crippen LogP contribution in [-0.2, 0) is 4.79 Å². The van der Waals surface area contributed by atoms with Gasteiger partial charge in [0.05, 0.1) is 6.04 Å². The van der Waals surface area contributed by atoms with Crippen molar-refractivity contribution in [1.82, 2.24) is 10.3 Å². The summed E-state index contributed by atoms with van der Waals surface area (Å²) in [5.41, 5.74) is 0. The summed E-state index contributed by atoms with van der Waals surface area (Å²) in [5.74, 6) is 0.766. The Balaban J connectivity index is 2.79. The van der Waals surface area contributed by atoms with Crippen molar-refractivity contribution >= 4 is 11.7 Å². The van der Waals surface area contributed by atoms with E-state index in [0.717, 1.165) is 6.54 Å². The van der Waals surface area contributed by atoms with E-state index in [2.05, 4.69) is 10.3 Å². The van der Waals surface area contributed by atoms with Crippen LogP contribution in [0.3, 0.4) is 0 Å². The summed E-state index contributed by atoms with van der Waals surface area (Å²) in [6.07, 6.45) is 1.70. The minimum atomic E-state index is -0.174. The molecule has 1 unspecified atom stereocenters. The number of anilines is 1. The molecule has 4 heteroatoms. The van der Waals surface area contributed by atoms with Crippen LogP contribution in [0.2, 0.25) is 0 Å². The van der Waals surface area contributed by atoms with E-state index in [-0.39, 0.29) is 11.9 Å². The molecule has 0 saturated heterocycles. The molecule has 0 radical (unpaired) electrons. The Morgan fingerprint density at radius 3 is 2.75 bits per heavy atom. The molecule has 0 aliphatic heterocycles. The molecule has 0 aliphatic carbocycles. The SMILES string of the molecule is CCNC(C)C(=O)N(CC)c1ccccn1. The van der Waals surface area contributed by atoms with Crippen molar-refractivity contribution in [1.29, 1.82) is 0 Å². The number of likely N-dealkylation sites (N-methyl/N-ethyl adjacent to an activating group) is 2. The van der Waals surface area contributed by atoms with Crippen molar-refractivity contribution in [3.05, 3.63) is 24.4 Å². The van der Waals surface area contributed by atoms with Gasteiger partial charge in [-0.05, 0) is 32.5 Å². The molecule has 0 saturated carbocycles. The fraction of sp³-hybridized carbons (Fsp3) is 0.500. The fourth-order valence-corrected chi connectivity index (χ4v) is 1.57. The number of rotatable bonds is 5. The van der Waals surface area contributed by atoms with Crippen LogP contribution < -0.4 is 10.2 Å². The summed E-state index contributed by atoms with van der Waals surface area (Å²) in [4.78, 5) is 18.0. The third kappa shape index (κ3) is 3.03. The third-order valence-corrected chi connectivity index (χ3v) is 2.39. The molecule has 1 aromatic rings. The van der Waals surface area contributed by atoms with Gasteiger partial charge in [-0.1, -0.05) is 13.0 Å². The van der Waals surface area contributed by atoms with Crippen LogP contribution in [0.15, 0.2) is 24.4 Å². The van der Waals surface area contributed by atoms with Gasteiger partial charge in [0.1, 0.15) is 5.82 Å². The molecule has 1 heterocycles. The minimum Gasteiger partial charge on any atom is -0.306 e. The van der Waals surface area contributed by atoms with Crippen molar-refractivity contribution in [3.8, 4) is 0 Å². The quantitative estimate of drug-likeness (QED) is 0.818. The molecule has 1 rings (SSSR count). The van der Waals surface area contributed by atoms with E-state index in [1.807, 2.05) is 39.0 Å². The number of carbonyl (C=O) groups is 1. The highest BCUT2D eigenvalue weighted by Gasteiger charge is 2.20. The number of nitrogens with zero attached hydrogens (tertiary/aromatic N) is 2. The summed E-state index contributed by atoms with van der Waals surface area (Å²) in [5, 5.41) is 3.11.